The Bertz CT molecular complexity index is 683. The first-order valence-electron chi connectivity index (χ1n) is 8.42. The third-order valence-corrected chi connectivity index (χ3v) is 4.01. The summed E-state index contributed by atoms with van der Waals surface area (Å²) >= 11 is 0. The van der Waals surface area contributed by atoms with E-state index in [9.17, 15) is 4.39 Å². The molecule has 1 unspecified atom stereocenters. The van der Waals surface area contributed by atoms with E-state index in [-0.39, 0.29) is 35.8 Å². The lowest BCUT2D eigenvalue weighted by Crippen LogP contribution is -2.41. The third-order valence-electron chi connectivity index (χ3n) is 4.01. The molecule has 0 saturated heterocycles. The van der Waals surface area contributed by atoms with Gasteiger partial charge in [0.2, 0.25) is 0 Å². The monoisotopic (exact) mass is 474 g/mol. The fraction of sp³-hybridized carbons (Fsp3) is 0.444. The highest BCUT2D eigenvalue weighted by atomic mass is 127. The number of halogens is 2. The normalized spacial score (nSPS) is 12.6. The molecule has 0 spiro atoms. The molecule has 2 aromatic rings. The highest BCUT2D eigenvalue weighted by molar-refractivity contribution is 14.0. The minimum Gasteiger partial charge on any atom is -0.357 e. The van der Waals surface area contributed by atoms with Gasteiger partial charge in [-0.1, -0.05) is 12.1 Å². The molecule has 6 nitrogen and oxygen atoms in total. The zero-order valence-corrected chi connectivity index (χ0v) is 18.1. The number of nitrogens with one attached hydrogen (secondary N) is 2. The smallest absolute Gasteiger partial charge is 0.191 e. The van der Waals surface area contributed by atoms with Gasteiger partial charge in [0.25, 0.3) is 0 Å². The Morgan fingerprint density at radius 2 is 1.92 bits per heavy atom. The lowest BCUT2D eigenvalue weighted by atomic mass is 10.1. The van der Waals surface area contributed by atoms with Crippen molar-refractivity contribution in [1.29, 1.82) is 0 Å². The van der Waals surface area contributed by atoms with Gasteiger partial charge in [0.1, 0.15) is 5.82 Å². The van der Waals surface area contributed by atoms with Crippen molar-refractivity contribution >= 4 is 29.9 Å². The lowest BCUT2D eigenvalue weighted by Gasteiger charge is -2.26. The van der Waals surface area contributed by atoms with Gasteiger partial charge in [-0.25, -0.2) is 9.38 Å². The Hall–Kier alpha value is -1.68. The van der Waals surface area contributed by atoms with Crippen molar-refractivity contribution in [2.24, 2.45) is 12.0 Å². The number of guanidine groups is 1. The molecule has 26 heavy (non-hydrogen) atoms. The summed E-state index contributed by atoms with van der Waals surface area (Å²) in [4.78, 5) is 6.71. The summed E-state index contributed by atoms with van der Waals surface area (Å²) in [6.07, 6.45) is 1.77. The number of likely N-dealkylation sites (N-methyl/N-ethyl adjacent to an activating group) is 1. The summed E-state index contributed by atoms with van der Waals surface area (Å²) in [6, 6.07) is 8.69. The van der Waals surface area contributed by atoms with Gasteiger partial charge in [0.05, 0.1) is 18.3 Å². The number of rotatable bonds is 7. The zero-order valence-electron chi connectivity index (χ0n) is 15.7. The van der Waals surface area contributed by atoms with Crippen molar-refractivity contribution in [2.75, 3.05) is 27.2 Å². The topological polar surface area (TPSA) is 57.5 Å². The first kappa shape index (κ1) is 22.4. The number of hydrogen-bond donors (Lipinski definition) is 2. The number of benzene rings is 1. The Morgan fingerprint density at radius 1 is 1.23 bits per heavy atom. The molecule has 2 rings (SSSR count). The van der Waals surface area contributed by atoms with Crippen LogP contribution in [0.4, 0.5) is 4.39 Å². The van der Waals surface area contributed by atoms with Crippen LogP contribution in [0.15, 0.2) is 41.5 Å². The third kappa shape index (κ3) is 6.56. The Balaban J connectivity index is 0.00000338. The number of aromatic nitrogens is 2. The SMILES string of the molecule is CCNC(=NCc1ccnn1C)NCC(c1ccc(F)cc1)N(C)C.I. The van der Waals surface area contributed by atoms with Crippen molar-refractivity contribution in [1.82, 2.24) is 25.3 Å². The van der Waals surface area contributed by atoms with E-state index in [0.29, 0.717) is 13.1 Å². The van der Waals surface area contributed by atoms with Crippen LogP contribution in [0.2, 0.25) is 0 Å². The maximum atomic E-state index is 13.2. The minimum atomic E-state index is -0.222. The number of nitrogens with zero attached hydrogens (tertiary/aromatic N) is 4. The molecule has 0 aliphatic carbocycles. The maximum absolute atomic E-state index is 13.2. The summed E-state index contributed by atoms with van der Waals surface area (Å²) in [5.41, 5.74) is 2.10. The molecule has 0 amide bonds. The molecule has 1 aromatic carbocycles. The van der Waals surface area contributed by atoms with Crippen LogP contribution in [-0.4, -0.2) is 47.8 Å². The largest absolute Gasteiger partial charge is 0.357 e. The van der Waals surface area contributed by atoms with E-state index in [1.807, 2.05) is 50.9 Å². The number of hydrogen-bond acceptors (Lipinski definition) is 3. The van der Waals surface area contributed by atoms with Crippen LogP contribution in [0.1, 0.15) is 24.2 Å². The van der Waals surface area contributed by atoms with E-state index in [0.717, 1.165) is 23.8 Å². The number of aliphatic imine (C=N–C) groups is 1. The summed E-state index contributed by atoms with van der Waals surface area (Å²) in [7, 11) is 5.92. The second kappa shape index (κ2) is 11.1. The molecular formula is C18H28FIN6. The first-order valence-corrected chi connectivity index (χ1v) is 8.42. The van der Waals surface area contributed by atoms with Gasteiger partial charge in [-0.05, 0) is 44.8 Å². The van der Waals surface area contributed by atoms with Crippen LogP contribution < -0.4 is 10.6 Å². The van der Waals surface area contributed by atoms with Gasteiger partial charge < -0.3 is 15.5 Å². The molecule has 0 aliphatic heterocycles. The van der Waals surface area contributed by atoms with E-state index in [2.05, 4.69) is 25.6 Å². The standard InChI is InChI=1S/C18H27FN6.HI/c1-5-20-18(21-12-16-10-11-23-25(16)4)22-13-17(24(2)3)14-6-8-15(19)9-7-14;/h6-11,17H,5,12-13H2,1-4H3,(H2,20,21,22);1H. The molecule has 144 valence electrons. The van der Waals surface area contributed by atoms with Gasteiger partial charge in [-0.2, -0.15) is 5.10 Å². The maximum Gasteiger partial charge on any atom is 0.191 e. The van der Waals surface area contributed by atoms with Crippen molar-refractivity contribution in [2.45, 2.75) is 19.5 Å². The summed E-state index contributed by atoms with van der Waals surface area (Å²) in [5, 5.41) is 10.8. The quantitative estimate of drug-likeness (QED) is 0.368. The average molecular weight is 474 g/mol. The molecule has 0 bridgehead atoms. The first-order chi connectivity index (χ1) is 12.0. The Kier molecular flexibility index (Phi) is 9.57. The number of aryl methyl sites for hydroxylation is 1. The van der Waals surface area contributed by atoms with Gasteiger partial charge in [0, 0.05) is 26.3 Å². The molecule has 0 fully saturated rings. The Labute approximate surface area is 171 Å². The van der Waals surface area contributed by atoms with E-state index < -0.39 is 0 Å². The van der Waals surface area contributed by atoms with Crippen molar-refractivity contribution < 1.29 is 4.39 Å². The molecular weight excluding hydrogens is 446 g/mol. The summed E-state index contributed by atoms with van der Waals surface area (Å²) in [5.74, 6) is 0.526. The second-order valence-corrected chi connectivity index (χ2v) is 6.05. The average Bonchev–Trinajstić information content (AvgIpc) is 2.99. The van der Waals surface area contributed by atoms with E-state index in [4.69, 9.17) is 0 Å². The van der Waals surface area contributed by atoms with E-state index in [1.54, 1.807) is 6.20 Å². The molecule has 1 heterocycles. The van der Waals surface area contributed by atoms with Gasteiger partial charge in [0.15, 0.2) is 5.96 Å². The van der Waals surface area contributed by atoms with Crippen LogP contribution in [0.25, 0.3) is 0 Å². The Morgan fingerprint density at radius 3 is 2.46 bits per heavy atom. The van der Waals surface area contributed by atoms with E-state index in [1.165, 1.54) is 12.1 Å². The van der Waals surface area contributed by atoms with Crippen molar-refractivity contribution in [3.63, 3.8) is 0 Å². The van der Waals surface area contributed by atoms with Crippen molar-refractivity contribution in [3.8, 4) is 0 Å². The van der Waals surface area contributed by atoms with Gasteiger partial charge in [-0.15, -0.1) is 24.0 Å². The van der Waals surface area contributed by atoms with Crippen LogP contribution in [0.3, 0.4) is 0 Å². The summed E-state index contributed by atoms with van der Waals surface area (Å²) in [6.45, 7) is 4.02. The van der Waals surface area contributed by atoms with E-state index >= 15 is 0 Å². The lowest BCUT2D eigenvalue weighted by molar-refractivity contribution is 0.298. The highest BCUT2D eigenvalue weighted by Gasteiger charge is 2.14. The molecule has 1 atom stereocenters. The predicted molar refractivity (Wildman–Crippen MR) is 114 cm³/mol. The van der Waals surface area contributed by atoms with Gasteiger partial charge >= 0.3 is 0 Å². The fourth-order valence-corrected chi connectivity index (χ4v) is 2.54. The minimum absolute atomic E-state index is 0. The highest BCUT2D eigenvalue weighted by Crippen LogP contribution is 2.17. The molecule has 8 heteroatoms. The molecule has 2 N–H and O–H groups in total. The second-order valence-electron chi connectivity index (χ2n) is 6.05. The van der Waals surface area contributed by atoms with Crippen LogP contribution >= 0.6 is 24.0 Å². The fourth-order valence-electron chi connectivity index (χ4n) is 2.54. The van der Waals surface area contributed by atoms with Crippen LogP contribution in [-0.2, 0) is 13.6 Å². The molecule has 0 radical (unpaired) electrons. The van der Waals surface area contributed by atoms with Crippen molar-refractivity contribution in [3.05, 3.63) is 53.6 Å². The zero-order chi connectivity index (χ0) is 18.2. The molecule has 0 aliphatic rings. The predicted octanol–water partition coefficient (Wildman–Crippen LogP) is 2.54. The summed E-state index contributed by atoms with van der Waals surface area (Å²) < 4.78 is 15.0. The molecule has 1 aromatic heterocycles. The van der Waals surface area contributed by atoms with Gasteiger partial charge in [-0.3, -0.25) is 4.68 Å². The van der Waals surface area contributed by atoms with Crippen LogP contribution in [0.5, 0.6) is 0 Å². The van der Waals surface area contributed by atoms with Crippen LogP contribution in [0, 0.1) is 5.82 Å². The molecule has 0 saturated carbocycles.